The van der Waals surface area contributed by atoms with Crippen LogP contribution in [0.3, 0.4) is 0 Å². The van der Waals surface area contributed by atoms with Crippen LogP contribution >= 0.6 is 0 Å². The Morgan fingerprint density at radius 3 is 1.80 bits per heavy atom. The van der Waals surface area contributed by atoms with E-state index in [2.05, 4.69) is 13.2 Å². The van der Waals surface area contributed by atoms with Gasteiger partial charge in [0.05, 0.1) is 12.0 Å². The van der Waals surface area contributed by atoms with Crippen molar-refractivity contribution in [2.75, 3.05) is 0 Å². The highest BCUT2D eigenvalue weighted by atomic mass is 16.6. The van der Waals surface area contributed by atoms with Gasteiger partial charge in [-0.3, -0.25) is 4.79 Å². The second-order valence-corrected chi connectivity index (χ2v) is 9.51. The summed E-state index contributed by atoms with van der Waals surface area (Å²) in [4.78, 5) is 48.4. The van der Waals surface area contributed by atoms with Crippen molar-refractivity contribution in [3.8, 4) is 28.4 Å². The van der Waals surface area contributed by atoms with Crippen LogP contribution in [-0.2, 0) is 19.1 Å². The molecule has 0 amide bonds. The summed E-state index contributed by atoms with van der Waals surface area (Å²) in [7, 11) is 0. The summed E-state index contributed by atoms with van der Waals surface area (Å²) in [6.07, 6.45) is 5.66. The zero-order chi connectivity index (χ0) is 29.2. The van der Waals surface area contributed by atoms with Crippen molar-refractivity contribution < 1.29 is 38.1 Å². The fourth-order valence-corrected chi connectivity index (χ4v) is 4.25. The Morgan fingerprint density at radius 1 is 0.707 bits per heavy atom. The molecule has 0 radical (unpaired) electrons. The Hall–Kier alpha value is -4.98. The van der Waals surface area contributed by atoms with Crippen LogP contribution < -0.4 is 14.2 Å². The predicted octanol–water partition coefficient (Wildman–Crippen LogP) is 6.39. The van der Waals surface area contributed by atoms with Gasteiger partial charge in [0, 0.05) is 11.6 Å². The van der Waals surface area contributed by atoms with Gasteiger partial charge >= 0.3 is 23.9 Å². The van der Waals surface area contributed by atoms with Crippen LogP contribution in [0.1, 0.15) is 48.9 Å². The van der Waals surface area contributed by atoms with Gasteiger partial charge in [0.25, 0.3) is 0 Å². The molecule has 0 saturated heterocycles. The first-order valence-electron chi connectivity index (χ1n) is 13.3. The molecule has 0 bridgehead atoms. The summed E-state index contributed by atoms with van der Waals surface area (Å²) >= 11 is 0. The van der Waals surface area contributed by atoms with Crippen molar-refractivity contribution in [2.24, 2.45) is 0 Å². The van der Waals surface area contributed by atoms with Gasteiger partial charge in [-0.2, -0.15) is 0 Å². The molecular formula is C33H30O8. The first kappa shape index (κ1) is 29.0. The summed E-state index contributed by atoms with van der Waals surface area (Å²) in [5, 5.41) is 0. The smallest absolute Gasteiger partial charge is 0.343 e. The molecule has 0 aromatic heterocycles. The van der Waals surface area contributed by atoms with Gasteiger partial charge in [0.1, 0.15) is 23.4 Å². The molecule has 0 atom stereocenters. The predicted molar refractivity (Wildman–Crippen MR) is 151 cm³/mol. The molecule has 1 aliphatic carbocycles. The number of ether oxygens (including phenoxy) is 4. The maximum atomic E-state index is 12.6. The molecule has 41 heavy (non-hydrogen) atoms. The van der Waals surface area contributed by atoms with E-state index < -0.39 is 23.9 Å². The number of hydrogen-bond donors (Lipinski definition) is 0. The van der Waals surface area contributed by atoms with Gasteiger partial charge < -0.3 is 18.9 Å². The topological polar surface area (TPSA) is 105 Å². The molecular weight excluding hydrogens is 524 g/mol. The molecule has 210 valence electrons. The zero-order valence-corrected chi connectivity index (χ0v) is 22.5. The minimum Gasteiger partial charge on any atom is -0.462 e. The van der Waals surface area contributed by atoms with Gasteiger partial charge in [-0.25, -0.2) is 14.4 Å². The van der Waals surface area contributed by atoms with E-state index in [1.54, 1.807) is 48.5 Å². The minimum atomic E-state index is -0.733. The number of rotatable bonds is 10. The van der Waals surface area contributed by atoms with E-state index in [0.717, 1.165) is 49.3 Å². The fourth-order valence-electron chi connectivity index (χ4n) is 4.25. The Labute approximate surface area is 238 Å². The normalized spacial score (nSPS) is 13.0. The highest BCUT2D eigenvalue weighted by molar-refractivity contribution is 5.94. The monoisotopic (exact) mass is 554 g/mol. The molecule has 8 heteroatoms. The quantitative estimate of drug-likeness (QED) is 0.161. The van der Waals surface area contributed by atoms with Crippen LogP contribution in [0.5, 0.6) is 17.2 Å². The van der Waals surface area contributed by atoms with Crippen molar-refractivity contribution in [2.45, 2.75) is 44.6 Å². The summed E-state index contributed by atoms with van der Waals surface area (Å²) in [6, 6.07) is 19.7. The van der Waals surface area contributed by atoms with Gasteiger partial charge in [0.2, 0.25) is 0 Å². The second-order valence-electron chi connectivity index (χ2n) is 9.51. The Morgan fingerprint density at radius 2 is 1.22 bits per heavy atom. The minimum absolute atomic E-state index is 0.00293. The molecule has 1 saturated carbocycles. The van der Waals surface area contributed by atoms with E-state index in [0.29, 0.717) is 11.3 Å². The van der Waals surface area contributed by atoms with Crippen molar-refractivity contribution >= 4 is 23.9 Å². The van der Waals surface area contributed by atoms with Crippen LogP contribution in [0.15, 0.2) is 97.6 Å². The van der Waals surface area contributed by atoms with Crippen LogP contribution in [0.25, 0.3) is 11.1 Å². The SMILES string of the molecule is C=CC(=O)Oc1ccc(-c2ccc(C(=O)Oc3ccc(OC(=O)C(=C)CC(=O)OC4CCCCC4)cc3)cc2)cc1. The molecule has 0 heterocycles. The van der Waals surface area contributed by atoms with Crippen molar-refractivity contribution in [1.82, 2.24) is 0 Å². The number of carbonyl (C=O) groups is 4. The molecule has 8 nitrogen and oxygen atoms in total. The number of esters is 4. The zero-order valence-electron chi connectivity index (χ0n) is 22.5. The van der Waals surface area contributed by atoms with Gasteiger partial charge in [0.15, 0.2) is 0 Å². The standard InChI is InChI=1S/C33H30O8/c1-3-30(34)38-27-15-13-24(14-16-27)23-9-11-25(12-10-23)33(37)41-29-19-17-28(18-20-29)40-32(36)22(2)21-31(35)39-26-7-5-4-6-8-26/h3,9-20,26H,1-2,4-8,21H2. The number of benzene rings is 3. The molecule has 1 fully saturated rings. The molecule has 0 unspecified atom stereocenters. The lowest BCUT2D eigenvalue weighted by Gasteiger charge is -2.21. The van der Waals surface area contributed by atoms with Crippen LogP contribution in [0.4, 0.5) is 0 Å². The Bertz CT molecular complexity index is 1410. The molecule has 1 aliphatic rings. The van der Waals surface area contributed by atoms with Crippen molar-refractivity contribution in [3.63, 3.8) is 0 Å². The Balaban J connectivity index is 1.26. The van der Waals surface area contributed by atoms with Crippen LogP contribution in [0.2, 0.25) is 0 Å². The summed E-state index contributed by atoms with van der Waals surface area (Å²) in [6.45, 7) is 7.02. The van der Waals surface area contributed by atoms with E-state index in [4.69, 9.17) is 18.9 Å². The maximum absolute atomic E-state index is 12.6. The molecule has 0 N–H and O–H groups in total. The third kappa shape index (κ3) is 8.50. The van der Waals surface area contributed by atoms with Crippen LogP contribution in [-0.4, -0.2) is 30.0 Å². The average molecular weight is 555 g/mol. The fraction of sp³-hybridized carbons (Fsp3) is 0.212. The van der Waals surface area contributed by atoms with Crippen LogP contribution in [0, 0.1) is 0 Å². The van der Waals surface area contributed by atoms with E-state index in [1.165, 1.54) is 24.3 Å². The van der Waals surface area contributed by atoms with Gasteiger partial charge in [-0.1, -0.05) is 43.8 Å². The lowest BCUT2D eigenvalue weighted by atomic mass is 9.98. The molecule has 3 aromatic carbocycles. The molecule has 3 aromatic rings. The maximum Gasteiger partial charge on any atom is 0.343 e. The lowest BCUT2D eigenvalue weighted by Crippen LogP contribution is -2.22. The molecule has 0 aliphatic heterocycles. The second kappa shape index (κ2) is 13.9. The average Bonchev–Trinajstić information content (AvgIpc) is 2.99. The first-order valence-corrected chi connectivity index (χ1v) is 13.3. The van der Waals surface area contributed by atoms with E-state index in [9.17, 15) is 19.2 Å². The largest absolute Gasteiger partial charge is 0.462 e. The highest BCUT2D eigenvalue weighted by Crippen LogP contribution is 2.25. The highest BCUT2D eigenvalue weighted by Gasteiger charge is 2.21. The molecule has 0 spiro atoms. The summed E-state index contributed by atoms with van der Waals surface area (Å²) < 4.78 is 21.2. The van der Waals surface area contributed by atoms with E-state index in [1.807, 2.05) is 0 Å². The number of hydrogen-bond acceptors (Lipinski definition) is 8. The van der Waals surface area contributed by atoms with Crippen molar-refractivity contribution in [3.05, 3.63) is 103 Å². The number of carbonyl (C=O) groups excluding carboxylic acids is 4. The Kier molecular flexibility index (Phi) is 9.83. The summed E-state index contributed by atoms with van der Waals surface area (Å²) in [5.41, 5.74) is 2.07. The van der Waals surface area contributed by atoms with Crippen molar-refractivity contribution in [1.29, 1.82) is 0 Å². The third-order valence-electron chi connectivity index (χ3n) is 6.43. The van der Waals surface area contributed by atoms with E-state index >= 15 is 0 Å². The lowest BCUT2D eigenvalue weighted by molar-refractivity contribution is -0.150. The van der Waals surface area contributed by atoms with Gasteiger partial charge in [-0.05, 0) is 85.3 Å². The first-order chi connectivity index (χ1) is 19.8. The molecule has 4 rings (SSSR count). The third-order valence-corrected chi connectivity index (χ3v) is 6.43. The van der Waals surface area contributed by atoms with E-state index in [-0.39, 0.29) is 29.6 Å². The van der Waals surface area contributed by atoms with Gasteiger partial charge in [-0.15, -0.1) is 0 Å². The summed E-state index contributed by atoms with van der Waals surface area (Å²) in [5.74, 6) is -1.44.